The molecule has 0 atom stereocenters. The number of carbonyl (C=O) groups excluding carboxylic acids is 1. The van der Waals surface area contributed by atoms with Crippen LogP contribution in [0.3, 0.4) is 0 Å². The fourth-order valence-corrected chi connectivity index (χ4v) is 2.59. The van der Waals surface area contributed by atoms with E-state index in [4.69, 9.17) is 9.31 Å². The Kier molecular flexibility index (Phi) is 4.68. The van der Waals surface area contributed by atoms with Crippen molar-refractivity contribution in [2.24, 2.45) is 0 Å². The van der Waals surface area contributed by atoms with Crippen LogP contribution in [-0.4, -0.2) is 43.2 Å². The summed E-state index contributed by atoms with van der Waals surface area (Å²) in [6.07, 6.45) is 2.68. The molecular formula is C14H21BN2O3S. The standard InChI is InChI=1S/C14H21BN2O3S/c1-13(2)14(3,4)20-15(19-13)10(7-16-5)6-11-9-21-12(8-18)17-11/h6,8-9,16H,7H2,1-5H3. The molecule has 1 aliphatic heterocycles. The van der Waals surface area contributed by atoms with Crippen molar-refractivity contribution in [2.75, 3.05) is 13.6 Å². The molecule has 1 aromatic rings. The smallest absolute Gasteiger partial charge is 0.400 e. The lowest BCUT2D eigenvalue weighted by Crippen LogP contribution is -2.41. The molecule has 2 heterocycles. The minimum absolute atomic E-state index is 0.374. The van der Waals surface area contributed by atoms with Crippen molar-refractivity contribution in [3.63, 3.8) is 0 Å². The Morgan fingerprint density at radius 1 is 1.38 bits per heavy atom. The Bertz CT molecular complexity index is 538. The van der Waals surface area contributed by atoms with Crippen LogP contribution in [0, 0.1) is 0 Å². The van der Waals surface area contributed by atoms with E-state index in [2.05, 4.69) is 10.3 Å². The maximum Gasteiger partial charge on any atom is 0.491 e. The third kappa shape index (κ3) is 3.43. The first-order valence-electron chi connectivity index (χ1n) is 6.90. The van der Waals surface area contributed by atoms with Gasteiger partial charge < -0.3 is 14.6 Å². The maximum atomic E-state index is 10.7. The van der Waals surface area contributed by atoms with E-state index in [0.717, 1.165) is 17.5 Å². The van der Waals surface area contributed by atoms with Gasteiger partial charge in [-0.3, -0.25) is 4.79 Å². The van der Waals surface area contributed by atoms with Gasteiger partial charge in [0, 0.05) is 11.9 Å². The van der Waals surface area contributed by atoms with Gasteiger partial charge in [-0.05, 0) is 46.3 Å². The van der Waals surface area contributed by atoms with Crippen LogP contribution in [0.2, 0.25) is 0 Å². The first kappa shape index (κ1) is 16.4. The molecule has 0 amide bonds. The third-order valence-corrected chi connectivity index (χ3v) is 4.70. The molecule has 1 N–H and O–H groups in total. The second-order valence-electron chi connectivity index (χ2n) is 6.07. The van der Waals surface area contributed by atoms with Crippen LogP contribution in [0.25, 0.3) is 6.08 Å². The highest BCUT2D eigenvalue weighted by Crippen LogP contribution is 2.38. The molecule has 7 heteroatoms. The summed E-state index contributed by atoms with van der Waals surface area (Å²) < 4.78 is 12.1. The first-order valence-corrected chi connectivity index (χ1v) is 7.78. The average molecular weight is 308 g/mol. The van der Waals surface area contributed by atoms with E-state index in [9.17, 15) is 4.79 Å². The number of aldehydes is 1. The van der Waals surface area contributed by atoms with E-state index in [1.807, 2.05) is 46.2 Å². The normalized spacial score (nSPS) is 20.8. The van der Waals surface area contributed by atoms with Gasteiger partial charge in [0.1, 0.15) is 0 Å². The third-order valence-electron chi connectivity index (χ3n) is 3.91. The van der Waals surface area contributed by atoms with Crippen LogP contribution in [0.1, 0.15) is 43.2 Å². The van der Waals surface area contributed by atoms with Crippen molar-refractivity contribution in [2.45, 2.75) is 38.9 Å². The molecule has 0 aliphatic carbocycles. The number of rotatable bonds is 5. The van der Waals surface area contributed by atoms with E-state index in [1.54, 1.807) is 0 Å². The number of nitrogens with one attached hydrogen (secondary N) is 1. The van der Waals surface area contributed by atoms with Gasteiger partial charge in [-0.25, -0.2) is 4.98 Å². The zero-order chi connectivity index (χ0) is 15.7. The molecule has 114 valence electrons. The van der Waals surface area contributed by atoms with Gasteiger partial charge in [0.05, 0.1) is 16.9 Å². The Morgan fingerprint density at radius 3 is 2.48 bits per heavy atom. The molecule has 21 heavy (non-hydrogen) atoms. The SMILES string of the molecule is CNCC(=Cc1csc(C=O)n1)B1OC(C)(C)C(C)(C)O1. The second kappa shape index (κ2) is 6.00. The predicted octanol–water partition coefficient (Wildman–Crippen LogP) is 2.19. The minimum atomic E-state index is -0.413. The Labute approximate surface area is 129 Å². The highest BCUT2D eigenvalue weighted by atomic mass is 32.1. The lowest BCUT2D eigenvalue weighted by molar-refractivity contribution is 0.00578. The van der Waals surface area contributed by atoms with Crippen LogP contribution in [0.5, 0.6) is 0 Å². The number of likely N-dealkylation sites (N-methyl/N-ethyl adjacent to an activating group) is 1. The predicted molar refractivity (Wildman–Crippen MR) is 85.5 cm³/mol. The van der Waals surface area contributed by atoms with Crippen LogP contribution in [-0.2, 0) is 9.31 Å². The van der Waals surface area contributed by atoms with Crippen LogP contribution in [0.4, 0.5) is 0 Å². The molecule has 1 aliphatic rings. The molecule has 1 saturated heterocycles. The number of carbonyl (C=O) groups is 1. The van der Waals surface area contributed by atoms with Gasteiger partial charge in [0.25, 0.3) is 0 Å². The van der Waals surface area contributed by atoms with E-state index >= 15 is 0 Å². The van der Waals surface area contributed by atoms with Crippen LogP contribution in [0.15, 0.2) is 10.9 Å². The summed E-state index contributed by atoms with van der Waals surface area (Å²) in [6, 6.07) is 0. The molecule has 0 bridgehead atoms. The molecule has 0 unspecified atom stereocenters. The molecule has 5 nitrogen and oxygen atoms in total. The highest BCUT2D eigenvalue weighted by Gasteiger charge is 2.52. The molecule has 0 spiro atoms. The molecular weight excluding hydrogens is 287 g/mol. The average Bonchev–Trinajstić information content (AvgIpc) is 2.92. The van der Waals surface area contributed by atoms with E-state index in [1.165, 1.54) is 11.3 Å². The summed E-state index contributed by atoms with van der Waals surface area (Å²) in [5.74, 6) is 0. The second-order valence-corrected chi connectivity index (χ2v) is 6.96. The number of nitrogens with zero attached hydrogens (tertiary/aromatic N) is 1. The summed E-state index contributed by atoms with van der Waals surface area (Å²) in [7, 11) is 1.46. The summed E-state index contributed by atoms with van der Waals surface area (Å²) in [5, 5.41) is 5.44. The fourth-order valence-electron chi connectivity index (χ4n) is 2.01. The summed E-state index contributed by atoms with van der Waals surface area (Å²) >= 11 is 1.33. The molecule has 0 saturated carbocycles. The number of hydrogen-bond donors (Lipinski definition) is 1. The quantitative estimate of drug-likeness (QED) is 0.667. The fraction of sp³-hybridized carbons (Fsp3) is 0.571. The van der Waals surface area contributed by atoms with Gasteiger partial charge >= 0.3 is 7.12 Å². The van der Waals surface area contributed by atoms with Crippen molar-refractivity contribution in [3.05, 3.63) is 21.6 Å². The maximum absolute atomic E-state index is 10.7. The van der Waals surface area contributed by atoms with E-state index in [-0.39, 0.29) is 11.2 Å². The van der Waals surface area contributed by atoms with Crippen LogP contribution < -0.4 is 5.32 Å². The van der Waals surface area contributed by atoms with Gasteiger partial charge in [0.2, 0.25) is 0 Å². The van der Waals surface area contributed by atoms with Crippen molar-refractivity contribution in [1.29, 1.82) is 0 Å². The van der Waals surface area contributed by atoms with Crippen molar-refractivity contribution < 1.29 is 14.1 Å². The molecule has 1 fully saturated rings. The minimum Gasteiger partial charge on any atom is -0.400 e. The first-order chi connectivity index (χ1) is 9.79. The van der Waals surface area contributed by atoms with Gasteiger partial charge in [-0.1, -0.05) is 0 Å². The van der Waals surface area contributed by atoms with Crippen molar-refractivity contribution in [1.82, 2.24) is 10.3 Å². The number of hydrogen-bond acceptors (Lipinski definition) is 6. The number of thiazole rings is 1. The lowest BCUT2D eigenvalue weighted by atomic mass is 9.77. The Hall–Kier alpha value is -1.02. The molecule has 2 rings (SSSR count). The van der Waals surface area contributed by atoms with E-state index < -0.39 is 7.12 Å². The molecule has 1 aromatic heterocycles. The zero-order valence-corrected chi connectivity index (χ0v) is 13.9. The summed E-state index contributed by atoms with van der Waals surface area (Å²) in [6.45, 7) is 8.73. The van der Waals surface area contributed by atoms with Crippen molar-refractivity contribution in [3.8, 4) is 0 Å². The van der Waals surface area contributed by atoms with Crippen LogP contribution >= 0.6 is 11.3 Å². The molecule has 0 aromatic carbocycles. The van der Waals surface area contributed by atoms with Crippen molar-refractivity contribution >= 4 is 30.8 Å². The summed E-state index contributed by atoms with van der Waals surface area (Å²) in [4.78, 5) is 15.0. The number of aromatic nitrogens is 1. The lowest BCUT2D eigenvalue weighted by Gasteiger charge is -2.32. The Balaban J connectivity index is 2.26. The zero-order valence-electron chi connectivity index (χ0n) is 13.1. The largest absolute Gasteiger partial charge is 0.491 e. The molecule has 0 radical (unpaired) electrons. The van der Waals surface area contributed by atoms with Gasteiger partial charge in [0.15, 0.2) is 11.3 Å². The Morgan fingerprint density at radius 2 is 2.00 bits per heavy atom. The topological polar surface area (TPSA) is 60.5 Å². The monoisotopic (exact) mass is 308 g/mol. The van der Waals surface area contributed by atoms with Gasteiger partial charge in [-0.2, -0.15) is 0 Å². The van der Waals surface area contributed by atoms with Gasteiger partial charge in [-0.15, -0.1) is 11.3 Å². The highest BCUT2D eigenvalue weighted by molar-refractivity contribution is 7.11. The van der Waals surface area contributed by atoms with E-state index in [0.29, 0.717) is 11.6 Å². The summed E-state index contributed by atoms with van der Waals surface area (Å²) in [5.41, 5.74) is 0.960.